The van der Waals surface area contributed by atoms with Gasteiger partial charge in [0.15, 0.2) is 0 Å². The number of rotatable bonds is 46. The Hall–Kier alpha value is -1.11. The highest BCUT2D eigenvalue weighted by Crippen LogP contribution is 2.26. The van der Waals surface area contributed by atoms with Crippen LogP contribution >= 0.6 is 0 Å². The van der Waals surface area contributed by atoms with Crippen LogP contribution < -0.4 is 0 Å². The van der Waals surface area contributed by atoms with E-state index in [0.29, 0.717) is 25.7 Å². The minimum atomic E-state index is -0.333. The summed E-state index contributed by atoms with van der Waals surface area (Å²) in [6, 6.07) is 0. The molecule has 0 saturated carbocycles. The summed E-state index contributed by atoms with van der Waals surface area (Å²) >= 11 is 0. The fraction of sp³-hybridized carbons (Fsp3) is 0.940. The van der Waals surface area contributed by atoms with E-state index in [1.54, 1.807) is 0 Å². The SMILES string of the molecule is C=C(OCCCCC(O)CN(CCCCCO)CCCCCCOC(=O)C(CCCCCC)CCCCCCCC)C(CCCCCC)CCCCCCCC. The maximum absolute atomic E-state index is 13.0. The molecule has 0 heterocycles. The van der Waals surface area contributed by atoms with Crippen molar-refractivity contribution in [2.45, 2.75) is 252 Å². The van der Waals surface area contributed by atoms with Crippen LogP contribution in [-0.2, 0) is 14.3 Å². The molecular formula is C50H99NO5. The normalized spacial score (nSPS) is 13.3. The number of ether oxygens (including phenoxy) is 2. The Bertz CT molecular complexity index is 821. The molecule has 0 aliphatic rings. The van der Waals surface area contributed by atoms with Crippen LogP contribution in [0.1, 0.15) is 246 Å². The van der Waals surface area contributed by atoms with Gasteiger partial charge in [-0.15, -0.1) is 0 Å². The monoisotopic (exact) mass is 794 g/mol. The molecule has 3 unspecified atom stereocenters. The number of nitrogens with zero attached hydrogens (tertiary/aromatic N) is 1. The van der Waals surface area contributed by atoms with Crippen molar-refractivity contribution in [3.8, 4) is 0 Å². The average molecular weight is 794 g/mol. The third-order valence-electron chi connectivity index (χ3n) is 11.8. The number of aliphatic hydroxyl groups is 2. The predicted octanol–water partition coefficient (Wildman–Crippen LogP) is 14.3. The Labute approximate surface area is 350 Å². The van der Waals surface area contributed by atoms with Gasteiger partial charge in [-0.2, -0.15) is 0 Å². The first-order valence-corrected chi connectivity index (χ1v) is 24.9. The van der Waals surface area contributed by atoms with Gasteiger partial charge in [0, 0.05) is 19.1 Å². The molecule has 0 fully saturated rings. The first kappa shape index (κ1) is 54.9. The first-order valence-electron chi connectivity index (χ1n) is 24.9. The lowest BCUT2D eigenvalue weighted by Crippen LogP contribution is -2.34. The van der Waals surface area contributed by atoms with Crippen LogP contribution in [0.25, 0.3) is 0 Å². The second-order valence-corrected chi connectivity index (χ2v) is 17.3. The van der Waals surface area contributed by atoms with Crippen molar-refractivity contribution in [2.75, 3.05) is 39.5 Å². The van der Waals surface area contributed by atoms with Crippen molar-refractivity contribution in [2.24, 2.45) is 11.8 Å². The summed E-state index contributed by atoms with van der Waals surface area (Å²) in [5.74, 6) is 1.59. The van der Waals surface area contributed by atoms with Crippen LogP contribution in [0.2, 0.25) is 0 Å². The van der Waals surface area contributed by atoms with Crippen LogP contribution in [0.15, 0.2) is 12.3 Å². The number of aliphatic hydroxyl groups excluding tert-OH is 2. The molecule has 3 atom stereocenters. The van der Waals surface area contributed by atoms with E-state index in [2.05, 4.69) is 39.2 Å². The number of unbranched alkanes of at least 4 members (excludes halogenated alkanes) is 22. The summed E-state index contributed by atoms with van der Waals surface area (Å²) < 4.78 is 12.1. The third kappa shape index (κ3) is 36.0. The van der Waals surface area contributed by atoms with Crippen molar-refractivity contribution in [3.63, 3.8) is 0 Å². The van der Waals surface area contributed by atoms with E-state index in [1.165, 1.54) is 128 Å². The molecule has 0 aliphatic carbocycles. The topological polar surface area (TPSA) is 79.2 Å². The van der Waals surface area contributed by atoms with Gasteiger partial charge in [0.25, 0.3) is 0 Å². The van der Waals surface area contributed by atoms with Gasteiger partial charge in [0.2, 0.25) is 0 Å². The summed E-state index contributed by atoms with van der Waals surface area (Å²) in [6.45, 7) is 17.6. The lowest BCUT2D eigenvalue weighted by Gasteiger charge is -2.25. The van der Waals surface area contributed by atoms with Crippen LogP contribution in [0.5, 0.6) is 0 Å². The number of allylic oxidation sites excluding steroid dienone is 1. The number of carbonyl (C=O) groups is 1. The molecule has 0 rings (SSSR count). The van der Waals surface area contributed by atoms with Crippen molar-refractivity contribution in [3.05, 3.63) is 12.3 Å². The molecule has 0 spiro atoms. The second kappa shape index (κ2) is 43.5. The largest absolute Gasteiger partial charge is 0.498 e. The lowest BCUT2D eigenvalue weighted by molar-refractivity contribution is -0.149. The molecule has 0 aromatic carbocycles. The summed E-state index contributed by atoms with van der Waals surface area (Å²) in [6.07, 6.45) is 39.4. The van der Waals surface area contributed by atoms with Gasteiger partial charge in [-0.05, 0) is 90.1 Å². The van der Waals surface area contributed by atoms with E-state index >= 15 is 0 Å². The molecule has 0 saturated heterocycles. The Morgan fingerprint density at radius 3 is 1.38 bits per heavy atom. The van der Waals surface area contributed by atoms with E-state index in [1.807, 2.05) is 0 Å². The van der Waals surface area contributed by atoms with Gasteiger partial charge >= 0.3 is 5.97 Å². The quantitative estimate of drug-likeness (QED) is 0.0363. The average Bonchev–Trinajstić information content (AvgIpc) is 3.19. The Morgan fingerprint density at radius 1 is 0.482 bits per heavy atom. The summed E-state index contributed by atoms with van der Waals surface area (Å²) in [5, 5.41) is 20.3. The zero-order valence-electron chi connectivity index (χ0n) is 38.3. The zero-order chi connectivity index (χ0) is 41.2. The molecule has 0 aliphatic heterocycles. The highest BCUT2D eigenvalue weighted by atomic mass is 16.5. The molecule has 56 heavy (non-hydrogen) atoms. The minimum Gasteiger partial charge on any atom is -0.498 e. The molecule has 6 heteroatoms. The van der Waals surface area contributed by atoms with E-state index in [9.17, 15) is 15.0 Å². The minimum absolute atomic E-state index is 0.0418. The number of hydrogen-bond acceptors (Lipinski definition) is 6. The molecule has 0 aromatic heterocycles. The van der Waals surface area contributed by atoms with E-state index in [4.69, 9.17) is 9.47 Å². The van der Waals surface area contributed by atoms with E-state index in [0.717, 1.165) is 109 Å². The standard InChI is InChI=1S/C50H99NO5/c1-6-10-14-18-20-27-36-47(35-25-16-12-8-3)46(5)55-43-34-29-39-49(53)45-51(41-31-24-32-42-52)40-30-22-23-33-44-56-50(54)48(37-26-17-13-9-4)38-28-21-19-15-11-7-2/h47-49,52-53H,5-45H2,1-4H3. The summed E-state index contributed by atoms with van der Waals surface area (Å²) in [4.78, 5) is 15.4. The molecule has 0 radical (unpaired) electrons. The van der Waals surface area contributed by atoms with Crippen LogP contribution in [0.3, 0.4) is 0 Å². The molecule has 6 nitrogen and oxygen atoms in total. The predicted molar refractivity (Wildman–Crippen MR) is 242 cm³/mol. The van der Waals surface area contributed by atoms with Gasteiger partial charge in [-0.3, -0.25) is 4.79 Å². The summed E-state index contributed by atoms with van der Waals surface area (Å²) in [5.41, 5.74) is 0. The van der Waals surface area contributed by atoms with Crippen molar-refractivity contribution < 1.29 is 24.5 Å². The number of carbonyl (C=O) groups excluding carboxylic acids is 1. The fourth-order valence-electron chi connectivity index (χ4n) is 8.02. The number of hydrogen-bond donors (Lipinski definition) is 2. The van der Waals surface area contributed by atoms with Crippen molar-refractivity contribution in [1.82, 2.24) is 4.90 Å². The zero-order valence-corrected chi connectivity index (χ0v) is 38.3. The Morgan fingerprint density at radius 2 is 0.857 bits per heavy atom. The van der Waals surface area contributed by atoms with Gasteiger partial charge in [0.1, 0.15) is 0 Å². The third-order valence-corrected chi connectivity index (χ3v) is 11.8. The van der Waals surface area contributed by atoms with Crippen molar-refractivity contribution in [1.29, 1.82) is 0 Å². The first-order chi connectivity index (χ1) is 27.4. The highest BCUT2D eigenvalue weighted by Gasteiger charge is 2.19. The lowest BCUT2D eigenvalue weighted by atomic mass is 9.93. The molecule has 334 valence electrons. The maximum Gasteiger partial charge on any atom is 0.308 e. The molecule has 0 bridgehead atoms. The molecular weight excluding hydrogens is 695 g/mol. The van der Waals surface area contributed by atoms with Gasteiger partial charge < -0.3 is 24.6 Å². The Kier molecular flexibility index (Phi) is 42.6. The number of esters is 1. The smallest absolute Gasteiger partial charge is 0.308 e. The Balaban J connectivity index is 4.55. The molecule has 2 N–H and O–H groups in total. The van der Waals surface area contributed by atoms with E-state index in [-0.39, 0.29) is 24.6 Å². The van der Waals surface area contributed by atoms with E-state index < -0.39 is 0 Å². The fourth-order valence-corrected chi connectivity index (χ4v) is 8.02. The van der Waals surface area contributed by atoms with Crippen molar-refractivity contribution >= 4 is 5.97 Å². The maximum atomic E-state index is 13.0. The van der Waals surface area contributed by atoms with Gasteiger partial charge in [-0.25, -0.2) is 0 Å². The van der Waals surface area contributed by atoms with Gasteiger partial charge in [-0.1, -0.05) is 176 Å². The van der Waals surface area contributed by atoms with Gasteiger partial charge in [0.05, 0.1) is 31.0 Å². The highest BCUT2D eigenvalue weighted by molar-refractivity contribution is 5.72. The molecule has 0 aromatic rings. The summed E-state index contributed by atoms with van der Waals surface area (Å²) in [7, 11) is 0. The molecule has 0 amide bonds. The van der Waals surface area contributed by atoms with Crippen LogP contribution in [-0.4, -0.2) is 66.6 Å². The van der Waals surface area contributed by atoms with Crippen LogP contribution in [0, 0.1) is 11.8 Å². The second-order valence-electron chi connectivity index (χ2n) is 17.3. The van der Waals surface area contributed by atoms with Crippen LogP contribution in [0.4, 0.5) is 0 Å².